The van der Waals surface area contributed by atoms with Gasteiger partial charge in [0.2, 0.25) is 5.91 Å². The number of carbonyl (C=O) groups excluding carboxylic acids is 1. The highest BCUT2D eigenvalue weighted by Crippen LogP contribution is 2.27. The summed E-state index contributed by atoms with van der Waals surface area (Å²) in [6.45, 7) is 5.41. The summed E-state index contributed by atoms with van der Waals surface area (Å²) in [4.78, 5) is 11.3. The summed E-state index contributed by atoms with van der Waals surface area (Å²) < 4.78 is 29.9. The Morgan fingerprint density at radius 3 is 2.22 bits per heavy atom. The van der Waals surface area contributed by atoms with Gasteiger partial charge in [0.15, 0.2) is 5.75 Å². The van der Waals surface area contributed by atoms with Crippen LogP contribution in [0.1, 0.15) is 32.3 Å². The predicted octanol–water partition coefficient (Wildman–Crippen LogP) is 3.54. The fourth-order valence-corrected chi connectivity index (χ4v) is 2.97. The minimum atomic E-state index is -3.97. The van der Waals surface area contributed by atoms with Crippen molar-refractivity contribution in [1.82, 2.24) is 0 Å². The van der Waals surface area contributed by atoms with E-state index in [0.717, 1.165) is 5.56 Å². The molecular formula is C17H19NO4S. The lowest BCUT2D eigenvalue weighted by Crippen LogP contribution is -2.13. The van der Waals surface area contributed by atoms with Crippen molar-refractivity contribution in [2.45, 2.75) is 31.6 Å². The Morgan fingerprint density at radius 2 is 1.65 bits per heavy atom. The third kappa shape index (κ3) is 4.32. The normalized spacial score (nSPS) is 11.3. The molecule has 0 saturated carbocycles. The van der Waals surface area contributed by atoms with E-state index in [4.69, 9.17) is 4.18 Å². The van der Waals surface area contributed by atoms with Crippen molar-refractivity contribution in [3.05, 3.63) is 54.1 Å². The molecule has 0 aliphatic rings. The second kappa shape index (κ2) is 6.83. The summed E-state index contributed by atoms with van der Waals surface area (Å²) in [5.74, 6) is 0.0866. The zero-order valence-electron chi connectivity index (χ0n) is 13.2. The van der Waals surface area contributed by atoms with E-state index in [1.807, 2.05) is 13.8 Å². The first-order valence-corrected chi connectivity index (χ1v) is 8.61. The molecule has 0 bridgehead atoms. The average Bonchev–Trinajstić information content (AvgIpc) is 2.48. The molecule has 0 spiro atoms. The minimum Gasteiger partial charge on any atom is -0.377 e. The van der Waals surface area contributed by atoms with E-state index in [0.29, 0.717) is 11.6 Å². The van der Waals surface area contributed by atoms with Crippen LogP contribution in [0.2, 0.25) is 0 Å². The maximum absolute atomic E-state index is 12.4. The highest BCUT2D eigenvalue weighted by Gasteiger charge is 2.19. The highest BCUT2D eigenvalue weighted by atomic mass is 32.2. The van der Waals surface area contributed by atoms with Gasteiger partial charge in [-0.15, -0.1) is 0 Å². The molecule has 0 aliphatic carbocycles. The molecule has 0 aromatic heterocycles. The van der Waals surface area contributed by atoms with Gasteiger partial charge in [-0.25, -0.2) is 0 Å². The quantitative estimate of drug-likeness (QED) is 0.850. The molecular weight excluding hydrogens is 314 g/mol. The van der Waals surface area contributed by atoms with Gasteiger partial charge in [0.25, 0.3) is 0 Å². The Bertz CT molecular complexity index is 796. The van der Waals surface area contributed by atoms with Gasteiger partial charge in [-0.3, -0.25) is 4.79 Å². The summed E-state index contributed by atoms with van der Waals surface area (Å²) in [6, 6.07) is 13.0. The van der Waals surface area contributed by atoms with Crippen LogP contribution in [0.25, 0.3) is 0 Å². The predicted molar refractivity (Wildman–Crippen MR) is 89.1 cm³/mol. The number of carbonyl (C=O) groups is 1. The van der Waals surface area contributed by atoms with Crippen molar-refractivity contribution in [3.8, 4) is 5.75 Å². The molecule has 0 aliphatic heterocycles. The molecule has 0 atom stereocenters. The van der Waals surface area contributed by atoms with Crippen molar-refractivity contribution in [3.63, 3.8) is 0 Å². The van der Waals surface area contributed by atoms with E-state index in [-0.39, 0.29) is 16.6 Å². The molecule has 0 radical (unpaired) electrons. The number of benzene rings is 2. The molecule has 0 heterocycles. The smallest absolute Gasteiger partial charge is 0.339 e. The van der Waals surface area contributed by atoms with Crippen LogP contribution in [-0.2, 0) is 14.9 Å². The SMILES string of the molecule is CC(=O)Nc1ccccc1OS(=O)(=O)c1ccc(C(C)C)cc1. The molecule has 1 amide bonds. The second-order valence-corrected chi connectivity index (χ2v) is 6.98. The maximum atomic E-state index is 12.4. The van der Waals surface area contributed by atoms with Gasteiger partial charge in [-0.1, -0.05) is 38.1 Å². The van der Waals surface area contributed by atoms with Crippen LogP contribution in [0.3, 0.4) is 0 Å². The maximum Gasteiger partial charge on any atom is 0.339 e. The number of nitrogens with one attached hydrogen (secondary N) is 1. The number of anilines is 1. The van der Waals surface area contributed by atoms with E-state index in [1.165, 1.54) is 25.1 Å². The van der Waals surface area contributed by atoms with Crippen LogP contribution < -0.4 is 9.50 Å². The summed E-state index contributed by atoms with van der Waals surface area (Å²) >= 11 is 0. The van der Waals surface area contributed by atoms with E-state index < -0.39 is 10.1 Å². The van der Waals surface area contributed by atoms with Gasteiger partial charge < -0.3 is 9.50 Å². The Hall–Kier alpha value is -2.34. The van der Waals surface area contributed by atoms with Gasteiger partial charge in [-0.2, -0.15) is 8.42 Å². The van der Waals surface area contributed by atoms with Crippen LogP contribution in [0.5, 0.6) is 5.75 Å². The zero-order valence-corrected chi connectivity index (χ0v) is 14.1. The molecule has 5 nitrogen and oxygen atoms in total. The van der Waals surface area contributed by atoms with Gasteiger partial charge in [0.1, 0.15) is 4.90 Å². The first-order valence-electron chi connectivity index (χ1n) is 7.20. The molecule has 2 aromatic rings. The van der Waals surface area contributed by atoms with Gasteiger partial charge in [0, 0.05) is 6.92 Å². The third-order valence-electron chi connectivity index (χ3n) is 3.23. The van der Waals surface area contributed by atoms with Crippen molar-refractivity contribution < 1.29 is 17.4 Å². The molecule has 122 valence electrons. The molecule has 0 fully saturated rings. The van der Waals surface area contributed by atoms with Gasteiger partial charge >= 0.3 is 10.1 Å². The molecule has 6 heteroatoms. The monoisotopic (exact) mass is 333 g/mol. The minimum absolute atomic E-state index is 0.0690. The van der Waals surface area contributed by atoms with Gasteiger partial charge in [0.05, 0.1) is 5.69 Å². The van der Waals surface area contributed by atoms with E-state index in [2.05, 4.69) is 5.32 Å². The fourth-order valence-electron chi connectivity index (χ4n) is 2.02. The highest BCUT2D eigenvalue weighted by molar-refractivity contribution is 7.87. The van der Waals surface area contributed by atoms with Crippen LogP contribution in [0.15, 0.2) is 53.4 Å². The summed E-state index contributed by atoms with van der Waals surface area (Å²) in [5.41, 5.74) is 1.35. The number of hydrogen-bond donors (Lipinski definition) is 1. The largest absolute Gasteiger partial charge is 0.377 e. The number of hydrogen-bond acceptors (Lipinski definition) is 4. The molecule has 2 rings (SSSR count). The Labute approximate surface area is 136 Å². The van der Waals surface area contributed by atoms with Crippen molar-refractivity contribution in [1.29, 1.82) is 0 Å². The first-order chi connectivity index (χ1) is 10.8. The van der Waals surface area contributed by atoms with Crippen molar-refractivity contribution in [2.24, 2.45) is 0 Å². The molecule has 2 aromatic carbocycles. The lowest BCUT2D eigenvalue weighted by Gasteiger charge is -2.12. The lowest BCUT2D eigenvalue weighted by molar-refractivity contribution is -0.114. The fraction of sp³-hybridized carbons (Fsp3) is 0.235. The summed E-state index contributed by atoms with van der Waals surface area (Å²) in [6.07, 6.45) is 0. The van der Waals surface area contributed by atoms with Crippen LogP contribution >= 0.6 is 0 Å². The topological polar surface area (TPSA) is 72.5 Å². The van der Waals surface area contributed by atoms with Crippen LogP contribution in [0.4, 0.5) is 5.69 Å². The zero-order chi connectivity index (χ0) is 17.0. The molecule has 1 N–H and O–H groups in total. The molecule has 0 saturated heterocycles. The number of para-hydroxylation sites is 2. The van der Waals surface area contributed by atoms with Crippen LogP contribution in [-0.4, -0.2) is 14.3 Å². The van der Waals surface area contributed by atoms with Crippen LogP contribution in [0, 0.1) is 0 Å². The standard InChI is InChI=1S/C17H19NO4S/c1-12(2)14-8-10-15(11-9-14)23(20,21)22-17-7-5-4-6-16(17)18-13(3)19/h4-12H,1-3H3,(H,18,19). The average molecular weight is 333 g/mol. The van der Waals surface area contributed by atoms with E-state index >= 15 is 0 Å². The first kappa shape index (κ1) is 17.0. The lowest BCUT2D eigenvalue weighted by atomic mass is 10.0. The summed E-state index contributed by atoms with van der Waals surface area (Å²) in [7, 11) is -3.97. The van der Waals surface area contributed by atoms with Crippen molar-refractivity contribution in [2.75, 3.05) is 5.32 Å². The van der Waals surface area contributed by atoms with Crippen molar-refractivity contribution >= 4 is 21.7 Å². The Kier molecular flexibility index (Phi) is 5.05. The Balaban J connectivity index is 2.30. The number of amides is 1. The Morgan fingerprint density at radius 1 is 1.04 bits per heavy atom. The number of rotatable bonds is 5. The molecule has 23 heavy (non-hydrogen) atoms. The summed E-state index contributed by atoms with van der Waals surface area (Å²) in [5, 5.41) is 2.54. The second-order valence-electron chi connectivity index (χ2n) is 5.44. The molecule has 0 unspecified atom stereocenters. The van der Waals surface area contributed by atoms with E-state index in [1.54, 1.807) is 30.3 Å². The van der Waals surface area contributed by atoms with E-state index in [9.17, 15) is 13.2 Å². The third-order valence-corrected chi connectivity index (χ3v) is 4.48. The van der Waals surface area contributed by atoms with Gasteiger partial charge in [-0.05, 0) is 35.7 Å².